The smallest absolute Gasteiger partial charge is 0.251 e. The molecular weight excluding hydrogens is 318 g/mol. The van der Waals surface area contributed by atoms with Gasteiger partial charge in [-0.1, -0.05) is 6.07 Å². The van der Waals surface area contributed by atoms with Crippen LogP contribution in [0.2, 0.25) is 0 Å². The van der Waals surface area contributed by atoms with Crippen molar-refractivity contribution in [2.45, 2.75) is 6.42 Å². The molecule has 0 radical (unpaired) electrons. The monoisotopic (exact) mass is 335 g/mol. The fourth-order valence-electron chi connectivity index (χ4n) is 3.13. The lowest BCUT2D eigenvalue weighted by atomic mass is 9.99. The van der Waals surface area contributed by atoms with Crippen LogP contribution in [0, 0.1) is 0 Å². The van der Waals surface area contributed by atoms with Crippen molar-refractivity contribution in [1.82, 2.24) is 14.9 Å². The van der Waals surface area contributed by atoms with E-state index < -0.39 is 0 Å². The molecule has 3 aromatic rings. The lowest BCUT2D eigenvalue weighted by Gasteiger charge is -2.18. The molecule has 126 valence electrons. The molecule has 6 nitrogen and oxygen atoms in total. The highest BCUT2D eigenvalue weighted by atomic mass is 16.5. The van der Waals surface area contributed by atoms with Crippen molar-refractivity contribution < 1.29 is 14.6 Å². The van der Waals surface area contributed by atoms with Crippen LogP contribution in [-0.2, 0) is 6.42 Å². The van der Waals surface area contributed by atoms with Crippen LogP contribution in [0.5, 0.6) is 11.5 Å². The Kier molecular flexibility index (Phi) is 3.65. The summed E-state index contributed by atoms with van der Waals surface area (Å²) in [5.41, 5.74) is 3.23. The van der Waals surface area contributed by atoms with Gasteiger partial charge in [-0.2, -0.15) is 0 Å². The minimum absolute atomic E-state index is 0.0558. The number of phenols is 1. The molecule has 0 spiro atoms. The average Bonchev–Trinajstić information content (AvgIpc) is 3.11. The van der Waals surface area contributed by atoms with Crippen LogP contribution in [0.1, 0.15) is 15.9 Å². The van der Waals surface area contributed by atoms with Crippen LogP contribution in [-0.4, -0.2) is 34.2 Å². The Bertz CT molecular complexity index is 962. The zero-order valence-electron chi connectivity index (χ0n) is 13.7. The van der Waals surface area contributed by atoms with Gasteiger partial charge in [-0.05, 0) is 42.3 Å². The normalized spacial score (nSPS) is 13.2. The molecule has 2 aromatic carbocycles. The van der Waals surface area contributed by atoms with Gasteiger partial charge in [0.1, 0.15) is 17.3 Å². The minimum Gasteiger partial charge on any atom is -0.508 e. The Morgan fingerprint density at radius 3 is 2.92 bits per heavy atom. The number of imidazole rings is 1. The zero-order valence-corrected chi connectivity index (χ0v) is 13.7. The van der Waals surface area contributed by atoms with Gasteiger partial charge in [-0.3, -0.25) is 9.36 Å². The number of fused-ring (bicyclic) bond motifs is 1. The molecule has 2 N–H and O–H groups in total. The second-order valence-electron chi connectivity index (χ2n) is 5.85. The van der Waals surface area contributed by atoms with Gasteiger partial charge in [0.05, 0.1) is 12.7 Å². The molecule has 0 saturated carbocycles. The summed E-state index contributed by atoms with van der Waals surface area (Å²) in [5.74, 6) is 1.32. The molecule has 0 fully saturated rings. The zero-order chi connectivity index (χ0) is 17.4. The Morgan fingerprint density at radius 1 is 1.20 bits per heavy atom. The van der Waals surface area contributed by atoms with Crippen molar-refractivity contribution in [2.75, 3.05) is 13.7 Å². The molecule has 0 aliphatic carbocycles. The largest absolute Gasteiger partial charge is 0.508 e. The second-order valence-corrected chi connectivity index (χ2v) is 5.85. The molecule has 25 heavy (non-hydrogen) atoms. The summed E-state index contributed by atoms with van der Waals surface area (Å²) < 4.78 is 7.27. The predicted molar refractivity (Wildman–Crippen MR) is 93.3 cm³/mol. The number of rotatable bonds is 3. The Balaban J connectivity index is 1.85. The number of hydrogen-bond acceptors (Lipinski definition) is 4. The number of amides is 1. The molecule has 1 aliphatic heterocycles. The minimum atomic E-state index is -0.0558. The molecule has 0 bridgehead atoms. The standard InChI is InChI=1S/C19H17N3O3/c1-25-17-5-4-14(23)11-16(17)18-20-8-9-22(18)13-3-2-12-6-7-21-19(24)15(12)10-13/h2-5,8-11,23H,6-7H2,1H3,(H,21,24). The van der Waals surface area contributed by atoms with E-state index in [1.54, 1.807) is 31.5 Å². The number of methoxy groups -OCH3 is 1. The number of carbonyl (C=O) groups excluding carboxylic acids is 1. The summed E-state index contributed by atoms with van der Waals surface area (Å²) in [6.45, 7) is 0.669. The number of benzene rings is 2. The molecule has 0 saturated heterocycles. The van der Waals surface area contributed by atoms with Crippen molar-refractivity contribution in [1.29, 1.82) is 0 Å². The summed E-state index contributed by atoms with van der Waals surface area (Å²) in [6, 6.07) is 10.7. The summed E-state index contributed by atoms with van der Waals surface area (Å²) >= 11 is 0. The van der Waals surface area contributed by atoms with E-state index in [1.807, 2.05) is 29.0 Å². The van der Waals surface area contributed by atoms with Gasteiger partial charge in [0.15, 0.2) is 0 Å². The van der Waals surface area contributed by atoms with E-state index in [2.05, 4.69) is 10.3 Å². The average molecular weight is 335 g/mol. The lowest BCUT2D eigenvalue weighted by Crippen LogP contribution is -2.31. The van der Waals surface area contributed by atoms with Crippen LogP contribution in [0.4, 0.5) is 0 Å². The SMILES string of the molecule is COc1ccc(O)cc1-c1nccn1-c1ccc2c(c1)C(=O)NCC2. The van der Waals surface area contributed by atoms with E-state index >= 15 is 0 Å². The van der Waals surface area contributed by atoms with Crippen LogP contribution in [0.3, 0.4) is 0 Å². The number of nitrogens with zero attached hydrogens (tertiary/aromatic N) is 2. The molecule has 2 heterocycles. The second kappa shape index (κ2) is 5.98. The van der Waals surface area contributed by atoms with Crippen LogP contribution < -0.4 is 10.1 Å². The first-order valence-electron chi connectivity index (χ1n) is 7.99. The van der Waals surface area contributed by atoms with Gasteiger partial charge in [-0.25, -0.2) is 4.98 Å². The number of hydrogen-bond donors (Lipinski definition) is 2. The maximum atomic E-state index is 12.1. The fraction of sp³-hybridized carbons (Fsp3) is 0.158. The predicted octanol–water partition coefficient (Wildman–Crippen LogP) is 2.54. The maximum absolute atomic E-state index is 12.1. The Hall–Kier alpha value is -3.28. The number of nitrogens with one attached hydrogen (secondary N) is 1. The topological polar surface area (TPSA) is 76.4 Å². The third-order valence-electron chi connectivity index (χ3n) is 4.36. The first kappa shape index (κ1) is 15.3. The third-order valence-corrected chi connectivity index (χ3v) is 4.36. The summed E-state index contributed by atoms with van der Waals surface area (Å²) in [6.07, 6.45) is 4.33. The van der Waals surface area contributed by atoms with E-state index in [1.165, 1.54) is 0 Å². The lowest BCUT2D eigenvalue weighted by molar-refractivity contribution is 0.0946. The Morgan fingerprint density at radius 2 is 2.08 bits per heavy atom. The number of aromatic hydroxyl groups is 1. The van der Waals surface area contributed by atoms with Gasteiger partial charge in [0.2, 0.25) is 0 Å². The summed E-state index contributed by atoms with van der Waals surface area (Å²) in [7, 11) is 1.58. The van der Waals surface area contributed by atoms with Crippen molar-refractivity contribution in [3.63, 3.8) is 0 Å². The van der Waals surface area contributed by atoms with Crippen LogP contribution in [0.25, 0.3) is 17.1 Å². The van der Waals surface area contributed by atoms with Crippen molar-refractivity contribution in [2.24, 2.45) is 0 Å². The van der Waals surface area contributed by atoms with E-state index in [0.29, 0.717) is 29.2 Å². The van der Waals surface area contributed by atoms with Gasteiger partial charge in [-0.15, -0.1) is 0 Å². The Labute approximate surface area is 144 Å². The fourth-order valence-corrected chi connectivity index (χ4v) is 3.13. The van der Waals surface area contributed by atoms with E-state index in [9.17, 15) is 9.90 Å². The molecule has 1 aromatic heterocycles. The molecule has 6 heteroatoms. The van der Waals surface area contributed by atoms with E-state index in [-0.39, 0.29) is 11.7 Å². The van der Waals surface area contributed by atoms with Crippen molar-refractivity contribution in [3.05, 3.63) is 59.9 Å². The van der Waals surface area contributed by atoms with Gasteiger partial charge < -0.3 is 15.2 Å². The van der Waals surface area contributed by atoms with Crippen molar-refractivity contribution >= 4 is 5.91 Å². The third kappa shape index (κ3) is 2.61. The van der Waals surface area contributed by atoms with Crippen LogP contribution >= 0.6 is 0 Å². The molecule has 1 amide bonds. The molecule has 0 atom stereocenters. The van der Waals surface area contributed by atoms with Crippen molar-refractivity contribution in [3.8, 4) is 28.6 Å². The molecule has 0 unspecified atom stereocenters. The highest BCUT2D eigenvalue weighted by Gasteiger charge is 2.19. The number of aromatic nitrogens is 2. The van der Waals surface area contributed by atoms with Gasteiger partial charge in [0.25, 0.3) is 5.91 Å². The quantitative estimate of drug-likeness (QED) is 0.771. The van der Waals surface area contributed by atoms with E-state index in [4.69, 9.17) is 4.74 Å². The number of ether oxygens (including phenoxy) is 1. The molecule has 1 aliphatic rings. The maximum Gasteiger partial charge on any atom is 0.251 e. The first-order chi connectivity index (χ1) is 12.2. The van der Waals surface area contributed by atoms with Gasteiger partial charge in [0, 0.05) is 30.2 Å². The molecular formula is C19H17N3O3. The van der Waals surface area contributed by atoms with E-state index in [0.717, 1.165) is 17.7 Å². The number of phenolic OH excluding ortho intramolecular Hbond substituents is 1. The first-order valence-corrected chi connectivity index (χ1v) is 7.99. The number of carbonyl (C=O) groups is 1. The highest BCUT2D eigenvalue weighted by Crippen LogP contribution is 2.33. The highest BCUT2D eigenvalue weighted by molar-refractivity contribution is 5.97. The van der Waals surface area contributed by atoms with Gasteiger partial charge >= 0.3 is 0 Å². The molecule has 4 rings (SSSR count). The summed E-state index contributed by atoms with van der Waals surface area (Å²) in [5, 5.41) is 12.7. The summed E-state index contributed by atoms with van der Waals surface area (Å²) in [4.78, 5) is 16.5. The van der Waals surface area contributed by atoms with Crippen LogP contribution in [0.15, 0.2) is 48.8 Å².